The summed E-state index contributed by atoms with van der Waals surface area (Å²) in [5.74, 6) is 2.00. The molecule has 1 amide bonds. The predicted octanol–water partition coefficient (Wildman–Crippen LogP) is 3.60. The summed E-state index contributed by atoms with van der Waals surface area (Å²) in [4.78, 5) is 12.2. The van der Waals surface area contributed by atoms with Gasteiger partial charge in [0.05, 0.1) is 5.75 Å². The highest BCUT2D eigenvalue weighted by Crippen LogP contribution is 2.40. The Bertz CT molecular complexity index is 694. The molecule has 0 bridgehead atoms. The Kier molecular flexibility index (Phi) is 5.00. The molecule has 3 rings (SSSR count). The molecule has 23 heavy (non-hydrogen) atoms. The summed E-state index contributed by atoms with van der Waals surface area (Å²) in [6.07, 6.45) is 3.46. The fraction of sp³-hybridized carbons (Fsp3) is 0.471. The fourth-order valence-corrected chi connectivity index (χ4v) is 3.29. The van der Waals surface area contributed by atoms with Crippen molar-refractivity contribution in [2.24, 2.45) is 0 Å². The maximum atomic E-state index is 12.2. The van der Waals surface area contributed by atoms with Crippen molar-refractivity contribution in [3.8, 4) is 0 Å². The number of rotatable bonds is 7. The quantitative estimate of drug-likeness (QED) is 0.788. The second kappa shape index (κ2) is 7.17. The van der Waals surface area contributed by atoms with Crippen LogP contribution < -0.4 is 5.32 Å². The summed E-state index contributed by atoms with van der Waals surface area (Å²) < 4.78 is 2.18. The van der Waals surface area contributed by atoms with E-state index in [0.717, 1.165) is 35.2 Å². The molecule has 6 heteroatoms. The molecule has 1 aromatic heterocycles. The Morgan fingerprint density at radius 3 is 2.83 bits per heavy atom. The number of anilines is 1. The van der Waals surface area contributed by atoms with Crippen LogP contribution in [0.1, 0.15) is 43.5 Å². The first kappa shape index (κ1) is 16.1. The normalized spacial score (nSPS) is 14.0. The van der Waals surface area contributed by atoms with E-state index in [1.54, 1.807) is 0 Å². The van der Waals surface area contributed by atoms with E-state index >= 15 is 0 Å². The van der Waals surface area contributed by atoms with E-state index < -0.39 is 0 Å². The summed E-state index contributed by atoms with van der Waals surface area (Å²) >= 11 is 1.46. The fourth-order valence-electron chi connectivity index (χ4n) is 2.51. The van der Waals surface area contributed by atoms with Crippen molar-refractivity contribution in [2.75, 3.05) is 11.1 Å². The van der Waals surface area contributed by atoms with E-state index in [1.807, 2.05) is 31.2 Å². The first-order valence-corrected chi connectivity index (χ1v) is 9.09. The number of amides is 1. The minimum absolute atomic E-state index is 0.0108. The summed E-state index contributed by atoms with van der Waals surface area (Å²) in [7, 11) is 0. The van der Waals surface area contributed by atoms with Crippen LogP contribution in [0.5, 0.6) is 0 Å². The molecule has 1 fully saturated rings. The molecule has 5 nitrogen and oxygen atoms in total. The van der Waals surface area contributed by atoms with Crippen molar-refractivity contribution in [2.45, 2.75) is 50.7 Å². The lowest BCUT2D eigenvalue weighted by Crippen LogP contribution is -2.15. The number of aryl methyl sites for hydroxylation is 1. The molecule has 0 spiro atoms. The molecule has 0 saturated heterocycles. The van der Waals surface area contributed by atoms with Gasteiger partial charge in [-0.1, -0.05) is 36.9 Å². The summed E-state index contributed by atoms with van der Waals surface area (Å²) in [5.41, 5.74) is 1.93. The van der Waals surface area contributed by atoms with Crippen LogP contribution in [0.2, 0.25) is 0 Å². The molecular weight excluding hydrogens is 308 g/mol. The Morgan fingerprint density at radius 1 is 1.35 bits per heavy atom. The van der Waals surface area contributed by atoms with Gasteiger partial charge in [0, 0.05) is 18.2 Å². The maximum Gasteiger partial charge on any atom is 0.234 e. The first-order valence-electron chi connectivity index (χ1n) is 8.10. The zero-order valence-corrected chi connectivity index (χ0v) is 14.4. The Balaban J connectivity index is 1.61. The lowest BCUT2D eigenvalue weighted by atomic mass is 10.2. The van der Waals surface area contributed by atoms with Gasteiger partial charge < -0.3 is 9.88 Å². The van der Waals surface area contributed by atoms with Crippen molar-refractivity contribution < 1.29 is 4.79 Å². The number of nitrogens with zero attached hydrogens (tertiary/aromatic N) is 3. The molecule has 0 atom stereocenters. The van der Waals surface area contributed by atoms with Crippen LogP contribution in [0.3, 0.4) is 0 Å². The highest BCUT2D eigenvalue weighted by atomic mass is 32.2. The Morgan fingerprint density at radius 2 is 2.13 bits per heavy atom. The Hall–Kier alpha value is -1.82. The van der Waals surface area contributed by atoms with Crippen LogP contribution in [-0.4, -0.2) is 26.4 Å². The average Bonchev–Trinajstić information content (AvgIpc) is 3.30. The molecule has 1 aliphatic carbocycles. The molecule has 1 aromatic carbocycles. The highest BCUT2D eigenvalue weighted by Gasteiger charge is 2.30. The smallest absolute Gasteiger partial charge is 0.234 e. The molecule has 0 radical (unpaired) electrons. The van der Waals surface area contributed by atoms with Crippen molar-refractivity contribution in [3.63, 3.8) is 0 Å². The van der Waals surface area contributed by atoms with Crippen LogP contribution in [0.4, 0.5) is 5.69 Å². The van der Waals surface area contributed by atoms with Gasteiger partial charge in [-0.3, -0.25) is 4.79 Å². The van der Waals surface area contributed by atoms with Crippen LogP contribution in [0.15, 0.2) is 29.4 Å². The van der Waals surface area contributed by atoms with Gasteiger partial charge in [0.15, 0.2) is 5.16 Å². The van der Waals surface area contributed by atoms with Gasteiger partial charge in [-0.05, 0) is 37.8 Å². The number of carbonyl (C=O) groups excluding carboxylic acids is 1. The third-order valence-corrected chi connectivity index (χ3v) is 4.85. The Labute approximate surface area is 140 Å². The van der Waals surface area contributed by atoms with E-state index in [-0.39, 0.29) is 5.91 Å². The lowest BCUT2D eigenvalue weighted by Gasteiger charge is -2.09. The number of aromatic nitrogens is 3. The number of hydrogen-bond donors (Lipinski definition) is 1. The SMILES string of the molecule is CCCn1c(SCC(=O)Nc2ccccc2C)nnc1C1CC1. The summed E-state index contributed by atoms with van der Waals surface area (Å²) in [6.45, 7) is 5.05. The molecular formula is C17H22N4OS. The number of para-hydroxylation sites is 1. The summed E-state index contributed by atoms with van der Waals surface area (Å²) in [5, 5.41) is 12.4. The first-order chi connectivity index (χ1) is 11.2. The molecule has 1 aliphatic rings. The van der Waals surface area contributed by atoms with Gasteiger partial charge in [-0.2, -0.15) is 0 Å². The van der Waals surface area contributed by atoms with Gasteiger partial charge in [0.1, 0.15) is 5.82 Å². The number of benzene rings is 1. The van der Waals surface area contributed by atoms with E-state index in [0.29, 0.717) is 11.7 Å². The minimum Gasteiger partial charge on any atom is -0.325 e. The van der Waals surface area contributed by atoms with E-state index in [4.69, 9.17) is 0 Å². The van der Waals surface area contributed by atoms with Gasteiger partial charge in [-0.25, -0.2) is 0 Å². The number of hydrogen-bond acceptors (Lipinski definition) is 4. The summed E-state index contributed by atoms with van der Waals surface area (Å²) in [6, 6.07) is 7.80. The maximum absolute atomic E-state index is 12.2. The largest absolute Gasteiger partial charge is 0.325 e. The van der Waals surface area contributed by atoms with Gasteiger partial charge in [0.25, 0.3) is 0 Å². The van der Waals surface area contributed by atoms with E-state index in [9.17, 15) is 4.79 Å². The molecule has 1 saturated carbocycles. The predicted molar refractivity (Wildman–Crippen MR) is 92.8 cm³/mol. The lowest BCUT2D eigenvalue weighted by molar-refractivity contribution is -0.113. The second-order valence-corrected chi connectivity index (χ2v) is 6.86. The average molecular weight is 330 g/mol. The third-order valence-electron chi connectivity index (χ3n) is 3.89. The molecule has 1 heterocycles. The van der Waals surface area contributed by atoms with Crippen LogP contribution in [0.25, 0.3) is 0 Å². The zero-order valence-electron chi connectivity index (χ0n) is 13.6. The second-order valence-electron chi connectivity index (χ2n) is 5.92. The number of carbonyl (C=O) groups is 1. The van der Waals surface area contributed by atoms with Crippen LogP contribution in [0, 0.1) is 6.92 Å². The number of nitrogens with one attached hydrogen (secondary N) is 1. The zero-order chi connectivity index (χ0) is 16.2. The van der Waals surface area contributed by atoms with Crippen molar-refractivity contribution >= 4 is 23.4 Å². The van der Waals surface area contributed by atoms with Gasteiger partial charge >= 0.3 is 0 Å². The van der Waals surface area contributed by atoms with E-state index in [1.165, 1.54) is 24.6 Å². The van der Waals surface area contributed by atoms with Crippen molar-refractivity contribution in [3.05, 3.63) is 35.7 Å². The standard InChI is InChI=1S/C17H22N4OS/c1-3-10-21-16(13-8-9-13)19-20-17(21)23-11-15(22)18-14-7-5-4-6-12(14)2/h4-7,13H,3,8-11H2,1-2H3,(H,18,22). The minimum atomic E-state index is -0.0108. The third kappa shape index (κ3) is 3.93. The van der Waals surface area contributed by atoms with Crippen molar-refractivity contribution in [1.82, 2.24) is 14.8 Å². The highest BCUT2D eigenvalue weighted by molar-refractivity contribution is 7.99. The molecule has 2 aromatic rings. The van der Waals surface area contributed by atoms with Gasteiger partial charge in [0.2, 0.25) is 5.91 Å². The van der Waals surface area contributed by atoms with Crippen molar-refractivity contribution in [1.29, 1.82) is 0 Å². The van der Waals surface area contributed by atoms with E-state index in [2.05, 4.69) is 27.0 Å². The molecule has 0 aliphatic heterocycles. The van der Waals surface area contributed by atoms with Crippen LogP contribution >= 0.6 is 11.8 Å². The van der Waals surface area contributed by atoms with Gasteiger partial charge in [-0.15, -0.1) is 10.2 Å². The van der Waals surface area contributed by atoms with Crippen LogP contribution in [-0.2, 0) is 11.3 Å². The molecule has 122 valence electrons. The topological polar surface area (TPSA) is 59.8 Å². The number of thioether (sulfide) groups is 1. The molecule has 0 unspecified atom stereocenters. The monoisotopic (exact) mass is 330 g/mol. The molecule has 1 N–H and O–H groups in total.